The first-order valence-corrected chi connectivity index (χ1v) is 14.8. The van der Waals surface area contributed by atoms with Gasteiger partial charge in [-0.1, -0.05) is 18.2 Å². The SMILES string of the molecule is CC(C)(C)NCc1ccc2c(c1)CCCC2.COc1ccc(S(=O)(=O)N/C=C\NC(=O)CC/C(N)=C/NN)cc1. The normalized spacial score (nSPS) is 13.6. The molecule has 0 spiro atoms. The number of sulfonamides is 1. The van der Waals surface area contributed by atoms with Crippen LogP contribution in [0, 0.1) is 0 Å². The number of rotatable bonds is 11. The molecule has 220 valence electrons. The minimum Gasteiger partial charge on any atom is -0.497 e. The van der Waals surface area contributed by atoms with Gasteiger partial charge >= 0.3 is 0 Å². The molecule has 11 heteroatoms. The van der Waals surface area contributed by atoms with E-state index in [-0.39, 0.29) is 22.8 Å². The van der Waals surface area contributed by atoms with Crippen LogP contribution in [0.4, 0.5) is 0 Å². The number of nitrogens with one attached hydrogen (secondary N) is 4. The van der Waals surface area contributed by atoms with E-state index in [1.165, 1.54) is 75.0 Å². The standard InChI is InChI=1S/C15H23N.C14H21N5O4S/c1-15(2,3)16-11-12-8-9-13-6-4-5-7-14(13)10-12;1-23-12-3-5-13(6-4-12)24(21,22)19-9-8-17-14(20)7-2-11(15)10-18-16/h8-10,16H,4-7,11H2,1-3H3;3-6,8-10,18-19H,2,7,15-16H2,1H3,(H,17,20)/b;9-8-,11-10-. The van der Waals surface area contributed by atoms with Crippen LogP contribution in [0.3, 0.4) is 0 Å². The van der Waals surface area contributed by atoms with Gasteiger partial charge in [-0.05, 0) is 93.8 Å². The number of aryl methyl sites for hydroxylation is 2. The molecule has 0 unspecified atom stereocenters. The fourth-order valence-corrected chi connectivity index (χ4v) is 4.73. The number of benzene rings is 2. The molecule has 2 aromatic rings. The molecule has 1 aliphatic carbocycles. The fourth-order valence-electron chi connectivity index (χ4n) is 3.85. The van der Waals surface area contributed by atoms with Gasteiger partial charge in [0.15, 0.2) is 0 Å². The Morgan fingerprint density at radius 3 is 2.30 bits per heavy atom. The molecule has 1 aliphatic rings. The van der Waals surface area contributed by atoms with Crippen molar-refractivity contribution in [2.24, 2.45) is 11.6 Å². The highest BCUT2D eigenvalue weighted by Crippen LogP contribution is 2.22. The number of hydrazine groups is 1. The molecule has 1 amide bonds. The molecule has 3 rings (SSSR count). The maximum atomic E-state index is 12.0. The Labute approximate surface area is 238 Å². The van der Waals surface area contributed by atoms with Gasteiger partial charge in [-0.25, -0.2) is 8.42 Å². The maximum Gasteiger partial charge on any atom is 0.261 e. The van der Waals surface area contributed by atoms with Crippen LogP contribution in [0.5, 0.6) is 5.75 Å². The number of carbonyl (C=O) groups is 1. The second-order valence-corrected chi connectivity index (χ2v) is 12.2. The van der Waals surface area contributed by atoms with Crippen molar-refractivity contribution in [2.75, 3.05) is 7.11 Å². The molecule has 0 bridgehead atoms. The summed E-state index contributed by atoms with van der Waals surface area (Å²) in [6.07, 6.45) is 9.45. The van der Waals surface area contributed by atoms with Crippen molar-refractivity contribution in [3.63, 3.8) is 0 Å². The highest BCUT2D eigenvalue weighted by molar-refractivity contribution is 7.89. The third-order valence-electron chi connectivity index (χ3n) is 6.07. The van der Waals surface area contributed by atoms with Gasteiger partial charge in [-0.2, -0.15) is 0 Å². The van der Waals surface area contributed by atoms with Crippen molar-refractivity contribution in [1.82, 2.24) is 20.8 Å². The van der Waals surface area contributed by atoms with Crippen molar-refractivity contribution >= 4 is 15.9 Å². The van der Waals surface area contributed by atoms with E-state index in [2.05, 4.69) is 59.8 Å². The van der Waals surface area contributed by atoms with E-state index in [1.807, 2.05) is 0 Å². The van der Waals surface area contributed by atoms with Gasteiger partial charge in [0.2, 0.25) is 5.91 Å². The zero-order valence-electron chi connectivity index (χ0n) is 23.9. The summed E-state index contributed by atoms with van der Waals surface area (Å²) in [6.45, 7) is 7.62. The highest BCUT2D eigenvalue weighted by Gasteiger charge is 2.13. The van der Waals surface area contributed by atoms with Crippen molar-refractivity contribution in [2.45, 2.75) is 76.3 Å². The first kappa shape index (κ1) is 32.7. The zero-order chi connectivity index (χ0) is 29.6. The summed E-state index contributed by atoms with van der Waals surface area (Å²) in [5.41, 5.74) is 13.0. The van der Waals surface area contributed by atoms with Gasteiger partial charge in [0.1, 0.15) is 5.75 Å². The zero-order valence-corrected chi connectivity index (χ0v) is 24.7. The maximum absolute atomic E-state index is 12.0. The molecular weight excluding hydrogens is 528 g/mol. The molecule has 0 radical (unpaired) electrons. The van der Waals surface area contributed by atoms with Crippen LogP contribution in [0.1, 0.15) is 63.1 Å². The molecule has 2 aromatic carbocycles. The first-order valence-electron chi connectivity index (χ1n) is 13.3. The van der Waals surface area contributed by atoms with Crippen LogP contribution < -0.4 is 37.1 Å². The summed E-state index contributed by atoms with van der Waals surface area (Å²) in [6, 6.07) is 12.9. The van der Waals surface area contributed by atoms with E-state index in [0.29, 0.717) is 17.9 Å². The minimum atomic E-state index is -3.71. The number of fused-ring (bicyclic) bond motifs is 1. The fraction of sp³-hybridized carbons (Fsp3) is 0.414. The van der Waals surface area contributed by atoms with E-state index in [0.717, 1.165) is 12.7 Å². The molecule has 0 atom stereocenters. The van der Waals surface area contributed by atoms with Crippen molar-refractivity contribution in [3.8, 4) is 5.75 Å². The van der Waals surface area contributed by atoms with E-state index in [1.54, 1.807) is 11.1 Å². The summed E-state index contributed by atoms with van der Waals surface area (Å²) < 4.78 is 31.2. The van der Waals surface area contributed by atoms with Gasteiger partial charge in [0.05, 0.1) is 12.0 Å². The number of carbonyl (C=O) groups excluding carboxylic acids is 1. The molecular formula is C29H44N6O4S. The predicted octanol–water partition coefficient (Wildman–Crippen LogP) is 3.06. The Morgan fingerprint density at radius 2 is 1.68 bits per heavy atom. The second-order valence-electron chi connectivity index (χ2n) is 10.5. The average molecular weight is 573 g/mol. The van der Waals surface area contributed by atoms with E-state index in [4.69, 9.17) is 16.3 Å². The van der Waals surface area contributed by atoms with Crippen LogP contribution in [-0.2, 0) is 34.2 Å². The predicted molar refractivity (Wildman–Crippen MR) is 159 cm³/mol. The van der Waals surface area contributed by atoms with Crippen LogP contribution in [0.15, 0.2) is 71.7 Å². The minimum absolute atomic E-state index is 0.0754. The highest BCUT2D eigenvalue weighted by atomic mass is 32.2. The number of ether oxygens (including phenoxy) is 1. The van der Waals surface area contributed by atoms with E-state index >= 15 is 0 Å². The van der Waals surface area contributed by atoms with Gasteiger partial charge in [0.25, 0.3) is 10.0 Å². The molecule has 10 nitrogen and oxygen atoms in total. The van der Waals surface area contributed by atoms with Crippen LogP contribution >= 0.6 is 0 Å². The average Bonchev–Trinajstić information content (AvgIpc) is 2.93. The molecule has 8 N–H and O–H groups in total. The summed E-state index contributed by atoms with van der Waals surface area (Å²) in [5.74, 6) is 5.28. The number of nitrogens with two attached hydrogens (primary N) is 2. The summed E-state index contributed by atoms with van der Waals surface area (Å²) in [5, 5.41) is 5.97. The Balaban J connectivity index is 0.000000302. The monoisotopic (exact) mass is 572 g/mol. The molecule has 0 heterocycles. The lowest BCUT2D eigenvalue weighted by atomic mass is 9.90. The largest absolute Gasteiger partial charge is 0.497 e. The molecule has 40 heavy (non-hydrogen) atoms. The summed E-state index contributed by atoms with van der Waals surface area (Å²) in [7, 11) is -2.22. The van der Waals surface area contributed by atoms with Crippen molar-refractivity contribution in [3.05, 3.63) is 83.5 Å². The lowest BCUT2D eigenvalue weighted by Gasteiger charge is -2.22. The van der Waals surface area contributed by atoms with Gasteiger partial charge < -0.3 is 26.5 Å². The third kappa shape index (κ3) is 12.1. The molecule has 0 saturated heterocycles. The molecule has 0 fully saturated rings. The lowest BCUT2D eigenvalue weighted by Crippen LogP contribution is -2.35. The van der Waals surface area contributed by atoms with Gasteiger partial charge in [-0.3, -0.25) is 15.4 Å². The van der Waals surface area contributed by atoms with Gasteiger partial charge in [-0.15, -0.1) is 0 Å². The smallest absolute Gasteiger partial charge is 0.261 e. The third-order valence-corrected chi connectivity index (χ3v) is 7.40. The molecule has 0 aliphatic heterocycles. The van der Waals surface area contributed by atoms with E-state index < -0.39 is 10.0 Å². The lowest BCUT2D eigenvalue weighted by molar-refractivity contribution is -0.120. The van der Waals surface area contributed by atoms with E-state index in [9.17, 15) is 13.2 Å². The first-order chi connectivity index (χ1) is 18.9. The van der Waals surface area contributed by atoms with Gasteiger partial charge in [0, 0.05) is 42.8 Å². The second kappa shape index (κ2) is 15.9. The van der Waals surface area contributed by atoms with Crippen LogP contribution in [-0.4, -0.2) is 27.0 Å². The number of hydrogen-bond donors (Lipinski definition) is 6. The topological polar surface area (TPSA) is 161 Å². The summed E-state index contributed by atoms with van der Waals surface area (Å²) in [4.78, 5) is 11.6. The Morgan fingerprint density at radius 1 is 1.00 bits per heavy atom. The number of hydrogen-bond acceptors (Lipinski definition) is 8. The van der Waals surface area contributed by atoms with Crippen LogP contribution in [0.2, 0.25) is 0 Å². The Bertz CT molecular complexity index is 1250. The Kier molecular flexibility index (Phi) is 13.0. The number of methoxy groups -OCH3 is 1. The summed E-state index contributed by atoms with van der Waals surface area (Å²) >= 11 is 0. The molecule has 0 aromatic heterocycles. The molecule has 0 saturated carbocycles. The number of amides is 1. The van der Waals surface area contributed by atoms with Crippen LogP contribution in [0.25, 0.3) is 0 Å². The Hall–Kier alpha value is -3.54. The van der Waals surface area contributed by atoms with Crippen molar-refractivity contribution in [1.29, 1.82) is 0 Å². The quantitative estimate of drug-likeness (QED) is 0.177. The number of allylic oxidation sites excluding steroid dienone is 1. The van der Waals surface area contributed by atoms with Crippen molar-refractivity contribution < 1.29 is 17.9 Å².